The lowest BCUT2D eigenvalue weighted by Crippen LogP contribution is -2.39. The quantitative estimate of drug-likeness (QED) is 0.825. The summed E-state index contributed by atoms with van der Waals surface area (Å²) in [6.45, 7) is 2.28. The summed E-state index contributed by atoms with van der Waals surface area (Å²) >= 11 is 0. The monoisotopic (exact) mass is 261 g/mol. The molecule has 0 unspecified atom stereocenters. The largest absolute Gasteiger partial charge is 0.391 e. The molecule has 6 heteroatoms. The highest BCUT2D eigenvalue weighted by atomic mass is 16.5. The first-order chi connectivity index (χ1) is 9.31. The minimum Gasteiger partial charge on any atom is -0.391 e. The summed E-state index contributed by atoms with van der Waals surface area (Å²) in [6, 6.07) is 5.39. The van der Waals surface area contributed by atoms with Gasteiger partial charge < -0.3 is 14.7 Å². The van der Waals surface area contributed by atoms with Gasteiger partial charge in [-0.3, -0.25) is 9.20 Å². The highest BCUT2D eigenvalue weighted by molar-refractivity contribution is 5.53. The number of rotatable bonds is 2. The number of hydrogen-bond acceptors (Lipinski definition) is 5. The van der Waals surface area contributed by atoms with Crippen LogP contribution in [0.1, 0.15) is 5.56 Å². The molecular formula is C13H15N3O3. The van der Waals surface area contributed by atoms with Crippen LogP contribution in [-0.4, -0.2) is 40.8 Å². The number of aliphatic hydroxyl groups is 1. The molecule has 0 amide bonds. The van der Waals surface area contributed by atoms with Gasteiger partial charge in [0.05, 0.1) is 25.4 Å². The van der Waals surface area contributed by atoms with Crippen molar-refractivity contribution in [3.63, 3.8) is 0 Å². The molecule has 0 aromatic carbocycles. The van der Waals surface area contributed by atoms with Gasteiger partial charge in [-0.25, -0.2) is 4.98 Å². The highest BCUT2D eigenvalue weighted by Crippen LogP contribution is 2.17. The molecule has 19 heavy (non-hydrogen) atoms. The van der Waals surface area contributed by atoms with Crippen molar-refractivity contribution in [2.45, 2.75) is 6.61 Å². The second-order valence-corrected chi connectivity index (χ2v) is 4.41. The molecule has 0 radical (unpaired) electrons. The van der Waals surface area contributed by atoms with Gasteiger partial charge in [0.2, 0.25) is 0 Å². The van der Waals surface area contributed by atoms with E-state index < -0.39 is 0 Å². The average Bonchev–Trinajstić information content (AvgIpc) is 2.48. The fourth-order valence-electron chi connectivity index (χ4n) is 2.29. The fraction of sp³-hybridized carbons (Fsp3) is 0.385. The van der Waals surface area contributed by atoms with Crippen LogP contribution >= 0.6 is 0 Å². The second kappa shape index (κ2) is 4.99. The van der Waals surface area contributed by atoms with Crippen molar-refractivity contribution in [2.24, 2.45) is 0 Å². The number of ether oxygens (including phenoxy) is 1. The zero-order chi connectivity index (χ0) is 13.2. The Hall–Kier alpha value is -1.92. The third-order valence-corrected chi connectivity index (χ3v) is 3.27. The number of morpholine rings is 1. The van der Waals surface area contributed by atoms with Crippen molar-refractivity contribution < 1.29 is 9.84 Å². The van der Waals surface area contributed by atoms with E-state index in [1.165, 1.54) is 4.40 Å². The van der Waals surface area contributed by atoms with E-state index in [4.69, 9.17) is 4.74 Å². The van der Waals surface area contributed by atoms with E-state index in [2.05, 4.69) is 4.98 Å². The molecule has 2 aromatic rings. The van der Waals surface area contributed by atoms with Gasteiger partial charge in [0.25, 0.3) is 5.56 Å². The van der Waals surface area contributed by atoms with E-state index in [0.717, 1.165) is 0 Å². The molecule has 2 aromatic heterocycles. The first kappa shape index (κ1) is 12.1. The van der Waals surface area contributed by atoms with E-state index in [0.29, 0.717) is 43.3 Å². The molecule has 0 atom stereocenters. The normalized spacial score (nSPS) is 15.9. The molecule has 3 heterocycles. The molecular weight excluding hydrogens is 246 g/mol. The Bertz CT molecular complexity index is 647. The molecule has 0 spiro atoms. The summed E-state index contributed by atoms with van der Waals surface area (Å²) in [5.41, 5.74) is 0.714. The number of aliphatic hydroxyl groups excluding tert-OH is 1. The molecule has 3 rings (SSSR count). The number of nitrogens with zero attached hydrogens (tertiary/aromatic N) is 3. The molecule has 0 aliphatic carbocycles. The van der Waals surface area contributed by atoms with E-state index in [1.807, 2.05) is 11.0 Å². The van der Waals surface area contributed by atoms with Crippen molar-refractivity contribution >= 4 is 11.5 Å². The molecule has 6 nitrogen and oxygen atoms in total. The van der Waals surface area contributed by atoms with Gasteiger partial charge in [0.15, 0.2) is 0 Å². The number of pyridine rings is 1. The molecule has 1 aliphatic rings. The Balaban J connectivity index is 2.19. The third kappa shape index (κ3) is 2.09. The number of aromatic nitrogens is 2. The predicted octanol–water partition coefficient (Wildman–Crippen LogP) is 0.0234. The third-order valence-electron chi connectivity index (χ3n) is 3.27. The standard InChI is InChI=1S/C13H15N3O3/c17-9-10-12(15-5-7-19-8-6-15)14-11-3-1-2-4-16(11)13(10)18/h1-4,17H,5-9H2. The molecule has 0 bridgehead atoms. The smallest absolute Gasteiger partial charge is 0.265 e. The number of hydrogen-bond donors (Lipinski definition) is 1. The van der Waals surface area contributed by atoms with Crippen LogP contribution in [0.15, 0.2) is 29.2 Å². The van der Waals surface area contributed by atoms with Gasteiger partial charge in [-0.1, -0.05) is 6.07 Å². The Labute approximate surface area is 109 Å². The molecule has 1 aliphatic heterocycles. The van der Waals surface area contributed by atoms with Crippen LogP contribution < -0.4 is 10.5 Å². The van der Waals surface area contributed by atoms with Gasteiger partial charge in [-0.15, -0.1) is 0 Å². The van der Waals surface area contributed by atoms with Crippen LogP contribution in [-0.2, 0) is 11.3 Å². The summed E-state index contributed by atoms with van der Waals surface area (Å²) < 4.78 is 6.75. The first-order valence-corrected chi connectivity index (χ1v) is 6.25. The molecule has 100 valence electrons. The summed E-state index contributed by atoms with van der Waals surface area (Å²) in [4.78, 5) is 18.8. The second-order valence-electron chi connectivity index (χ2n) is 4.41. The SMILES string of the molecule is O=c1c(CO)c(N2CCOCC2)nc2ccccn12. The zero-order valence-electron chi connectivity index (χ0n) is 10.5. The van der Waals surface area contributed by atoms with E-state index in [1.54, 1.807) is 18.3 Å². The van der Waals surface area contributed by atoms with Gasteiger partial charge >= 0.3 is 0 Å². The van der Waals surface area contributed by atoms with Crippen LogP contribution in [0, 0.1) is 0 Å². The van der Waals surface area contributed by atoms with Gasteiger partial charge in [0, 0.05) is 19.3 Å². The van der Waals surface area contributed by atoms with Gasteiger partial charge in [-0.2, -0.15) is 0 Å². The predicted molar refractivity (Wildman–Crippen MR) is 70.4 cm³/mol. The van der Waals surface area contributed by atoms with Crippen molar-refractivity contribution in [1.82, 2.24) is 9.38 Å². The van der Waals surface area contributed by atoms with Crippen molar-refractivity contribution in [3.05, 3.63) is 40.3 Å². The van der Waals surface area contributed by atoms with Crippen LogP contribution in [0.3, 0.4) is 0 Å². The zero-order valence-corrected chi connectivity index (χ0v) is 10.5. The fourth-order valence-corrected chi connectivity index (χ4v) is 2.29. The molecule has 1 fully saturated rings. The minimum atomic E-state index is -0.309. The van der Waals surface area contributed by atoms with Crippen LogP contribution in [0.5, 0.6) is 0 Å². The van der Waals surface area contributed by atoms with Gasteiger partial charge in [0.1, 0.15) is 11.5 Å². The summed E-state index contributed by atoms with van der Waals surface area (Å²) in [5, 5.41) is 9.48. The molecule has 1 saturated heterocycles. The summed E-state index contributed by atoms with van der Waals surface area (Å²) in [5.74, 6) is 0.571. The van der Waals surface area contributed by atoms with Crippen molar-refractivity contribution in [3.8, 4) is 0 Å². The number of fused-ring (bicyclic) bond motifs is 1. The van der Waals surface area contributed by atoms with Crippen molar-refractivity contribution in [2.75, 3.05) is 31.2 Å². The minimum absolute atomic E-state index is 0.213. The summed E-state index contributed by atoms with van der Waals surface area (Å²) in [7, 11) is 0. The first-order valence-electron chi connectivity index (χ1n) is 6.25. The lowest BCUT2D eigenvalue weighted by Gasteiger charge is -2.29. The average molecular weight is 261 g/mol. The maximum absolute atomic E-state index is 12.3. The molecule has 1 N–H and O–H groups in total. The lowest BCUT2D eigenvalue weighted by molar-refractivity contribution is 0.122. The van der Waals surface area contributed by atoms with Crippen LogP contribution in [0.2, 0.25) is 0 Å². The Morgan fingerprint density at radius 2 is 2.11 bits per heavy atom. The van der Waals surface area contributed by atoms with E-state index in [-0.39, 0.29) is 12.2 Å². The highest BCUT2D eigenvalue weighted by Gasteiger charge is 2.19. The van der Waals surface area contributed by atoms with E-state index >= 15 is 0 Å². The van der Waals surface area contributed by atoms with Gasteiger partial charge in [-0.05, 0) is 12.1 Å². The maximum Gasteiger partial charge on any atom is 0.265 e. The number of anilines is 1. The van der Waals surface area contributed by atoms with Crippen molar-refractivity contribution in [1.29, 1.82) is 0 Å². The van der Waals surface area contributed by atoms with E-state index in [9.17, 15) is 9.90 Å². The van der Waals surface area contributed by atoms with Crippen LogP contribution in [0.25, 0.3) is 5.65 Å². The maximum atomic E-state index is 12.3. The summed E-state index contributed by atoms with van der Waals surface area (Å²) in [6.07, 6.45) is 1.66. The Morgan fingerprint density at radius 3 is 2.84 bits per heavy atom. The Morgan fingerprint density at radius 1 is 1.32 bits per heavy atom. The molecule has 0 saturated carbocycles. The Kier molecular flexibility index (Phi) is 3.18. The topological polar surface area (TPSA) is 67.1 Å². The lowest BCUT2D eigenvalue weighted by atomic mass is 10.2. The van der Waals surface area contributed by atoms with Crippen LogP contribution in [0.4, 0.5) is 5.82 Å².